The molecule has 0 aliphatic rings. The Morgan fingerprint density at radius 2 is 1.65 bits per heavy atom. The molecule has 0 fully saturated rings. The number of anilines is 1. The van der Waals surface area contributed by atoms with E-state index in [2.05, 4.69) is 41.8 Å². The quantitative estimate of drug-likeness (QED) is 0.695. The maximum atomic E-state index is 10.6. The Morgan fingerprint density at radius 1 is 1.00 bits per heavy atom. The minimum absolute atomic E-state index is 0.380. The van der Waals surface area contributed by atoms with Crippen LogP contribution in [0.2, 0.25) is 0 Å². The molecular weight excluding hydrogens is 284 g/mol. The molecule has 3 N–H and O–H groups in total. The van der Waals surface area contributed by atoms with Crippen molar-refractivity contribution in [1.29, 1.82) is 0 Å². The average Bonchev–Trinajstić information content (AvgIpc) is 2.56. The molecule has 2 aromatic rings. The Balaban J connectivity index is 1.95. The minimum atomic E-state index is -0.535. The molecule has 0 aliphatic carbocycles. The highest BCUT2D eigenvalue weighted by Gasteiger charge is 2.28. The van der Waals surface area contributed by atoms with Crippen LogP contribution >= 0.6 is 0 Å². The molecule has 124 valence electrons. The Kier molecular flexibility index (Phi) is 6.20. The van der Waals surface area contributed by atoms with Crippen LogP contribution < -0.4 is 10.6 Å². The molecule has 0 heterocycles. The van der Waals surface area contributed by atoms with Gasteiger partial charge in [0.15, 0.2) is 0 Å². The summed E-state index contributed by atoms with van der Waals surface area (Å²) in [5, 5.41) is 17.5. The Bertz CT molecular complexity index is 596. The third kappa shape index (κ3) is 4.81. The summed E-state index contributed by atoms with van der Waals surface area (Å²) in [6.45, 7) is 7.93. The first kappa shape index (κ1) is 17.5. The maximum absolute atomic E-state index is 10.6. The lowest BCUT2D eigenvalue weighted by Crippen LogP contribution is -2.45. The highest BCUT2D eigenvalue weighted by Crippen LogP contribution is 2.25. The van der Waals surface area contributed by atoms with E-state index in [1.165, 1.54) is 11.3 Å². The second kappa shape index (κ2) is 8.14. The Morgan fingerprint density at radius 3 is 2.35 bits per heavy atom. The molecule has 1 atom stereocenters. The first-order valence-corrected chi connectivity index (χ1v) is 8.34. The van der Waals surface area contributed by atoms with Crippen LogP contribution in [0.4, 0.5) is 5.69 Å². The molecule has 0 amide bonds. The summed E-state index contributed by atoms with van der Waals surface area (Å²) >= 11 is 0. The van der Waals surface area contributed by atoms with Crippen molar-refractivity contribution in [2.75, 3.05) is 18.4 Å². The topological polar surface area (TPSA) is 44.3 Å². The molecule has 3 heteroatoms. The van der Waals surface area contributed by atoms with Crippen molar-refractivity contribution in [3.05, 3.63) is 65.7 Å². The molecule has 0 saturated carbocycles. The van der Waals surface area contributed by atoms with E-state index in [1.54, 1.807) is 0 Å². The SMILES string of the molecule is CCNc1ccccc1CCNC(C)(C)C(O)c1ccccc1. The smallest absolute Gasteiger partial charge is 0.0966 e. The number of aliphatic hydroxyl groups is 1. The van der Waals surface area contributed by atoms with Gasteiger partial charge in [-0.1, -0.05) is 48.5 Å². The lowest BCUT2D eigenvalue weighted by Gasteiger charge is -2.32. The van der Waals surface area contributed by atoms with Crippen molar-refractivity contribution < 1.29 is 5.11 Å². The number of hydrogen-bond acceptors (Lipinski definition) is 3. The van der Waals surface area contributed by atoms with E-state index in [0.29, 0.717) is 0 Å². The molecule has 0 aromatic heterocycles. The minimum Gasteiger partial charge on any atom is -0.387 e. The lowest BCUT2D eigenvalue weighted by molar-refractivity contribution is 0.0807. The van der Waals surface area contributed by atoms with Crippen molar-refractivity contribution in [3.63, 3.8) is 0 Å². The van der Waals surface area contributed by atoms with E-state index in [0.717, 1.165) is 25.1 Å². The first-order valence-electron chi connectivity index (χ1n) is 8.34. The number of rotatable bonds is 8. The van der Waals surface area contributed by atoms with Gasteiger partial charge in [-0.05, 0) is 50.9 Å². The monoisotopic (exact) mass is 312 g/mol. The van der Waals surface area contributed by atoms with Crippen molar-refractivity contribution in [1.82, 2.24) is 5.32 Å². The molecule has 3 nitrogen and oxygen atoms in total. The molecule has 0 spiro atoms. The zero-order valence-electron chi connectivity index (χ0n) is 14.3. The first-order chi connectivity index (χ1) is 11.0. The maximum Gasteiger partial charge on any atom is 0.0966 e. The fraction of sp³-hybridized carbons (Fsp3) is 0.400. The molecular formula is C20H28N2O. The van der Waals surface area contributed by atoms with Crippen LogP contribution in [-0.4, -0.2) is 23.7 Å². The zero-order chi connectivity index (χ0) is 16.7. The third-order valence-corrected chi connectivity index (χ3v) is 4.16. The number of nitrogens with one attached hydrogen (secondary N) is 2. The van der Waals surface area contributed by atoms with Gasteiger partial charge in [0.1, 0.15) is 0 Å². The fourth-order valence-corrected chi connectivity index (χ4v) is 2.77. The highest BCUT2D eigenvalue weighted by molar-refractivity contribution is 5.51. The van der Waals surface area contributed by atoms with Crippen molar-refractivity contribution in [2.24, 2.45) is 0 Å². The summed E-state index contributed by atoms with van der Waals surface area (Å²) < 4.78 is 0. The summed E-state index contributed by atoms with van der Waals surface area (Å²) in [5.41, 5.74) is 3.05. The highest BCUT2D eigenvalue weighted by atomic mass is 16.3. The van der Waals surface area contributed by atoms with Crippen molar-refractivity contribution >= 4 is 5.69 Å². The summed E-state index contributed by atoms with van der Waals surface area (Å²) in [4.78, 5) is 0. The van der Waals surface area contributed by atoms with Gasteiger partial charge in [-0.25, -0.2) is 0 Å². The van der Waals surface area contributed by atoms with Crippen molar-refractivity contribution in [3.8, 4) is 0 Å². The summed E-state index contributed by atoms with van der Waals surface area (Å²) in [7, 11) is 0. The van der Waals surface area contributed by atoms with Crippen LogP contribution in [0.15, 0.2) is 54.6 Å². The summed E-state index contributed by atoms with van der Waals surface area (Å²) in [6, 6.07) is 18.2. The Hall–Kier alpha value is -1.84. The van der Waals surface area contributed by atoms with E-state index in [1.807, 2.05) is 44.2 Å². The van der Waals surface area contributed by atoms with E-state index in [4.69, 9.17) is 0 Å². The second-order valence-corrected chi connectivity index (χ2v) is 6.40. The van der Waals surface area contributed by atoms with Crippen LogP contribution in [0, 0.1) is 0 Å². The fourth-order valence-electron chi connectivity index (χ4n) is 2.77. The number of benzene rings is 2. The predicted octanol–water partition coefficient (Wildman–Crippen LogP) is 3.76. The van der Waals surface area contributed by atoms with Gasteiger partial charge in [0, 0.05) is 17.8 Å². The third-order valence-electron chi connectivity index (χ3n) is 4.16. The van der Waals surface area contributed by atoms with Crippen LogP contribution in [0.5, 0.6) is 0 Å². The molecule has 0 aliphatic heterocycles. The lowest BCUT2D eigenvalue weighted by atomic mass is 9.91. The molecule has 2 rings (SSSR count). The molecule has 0 bridgehead atoms. The molecule has 1 unspecified atom stereocenters. The molecule has 0 radical (unpaired) electrons. The largest absolute Gasteiger partial charge is 0.387 e. The van der Waals surface area contributed by atoms with Gasteiger partial charge in [-0.3, -0.25) is 0 Å². The Labute approximate surface area is 139 Å². The number of aliphatic hydroxyl groups excluding tert-OH is 1. The van der Waals surface area contributed by atoms with Gasteiger partial charge in [0.25, 0.3) is 0 Å². The van der Waals surface area contributed by atoms with E-state index in [9.17, 15) is 5.11 Å². The van der Waals surface area contributed by atoms with Gasteiger partial charge in [0.2, 0.25) is 0 Å². The molecule has 0 saturated heterocycles. The summed E-state index contributed by atoms with van der Waals surface area (Å²) in [5.74, 6) is 0. The van der Waals surface area contributed by atoms with Crippen LogP contribution in [0.3, 0.4) is 0 Å². The summed E-state index contributed by atoms with van der Waals surface area (Å²) in [6.07, 6.45) is 0.390. The number of para-hydroxylation sites is 1. The van der Waals surface area contributed by atoms with Crippen LogP contribution in [-0.2, 0) is 6.42 Å². The van der Waals surface area contributed by atoms with Gasteiger partial charge in [-0.2, -0.15) is 0 Å². The van der Waals surface area contributed by atoms with Gasteiger partial charge >= 0.3 is 0 Å². The molecule has 2 aromatic carbocycles. The second-order valence-electron chi connectivity index (χ2n) is 6.40. The number of hydrogen-bond donors (Lipinski definition) is 3. The zero-order valence-corrected chi connectivity index (χ0v) is 14.3. The van der Waals surface area contributed by atoms with Gasteiger partial charge in [0.05, 0.1) is 6.10 Å². The van der Waals surface area contributed by atoms with Gasteiger partial charge < -0.3 is 15.7 Å². The molecule has 23 heavy (non-hydrogen) atoms. The van der Waals surface area contributed by atoms with Crippen LogP contribution in [0.25, 0.3) is 0 Å². The predicted molar refractivity (Wildman–Crippen MR) is 97.8 cm³/mol. The van der Waals surface area contributed by atoms with Crippen LogP contribution in [0.1, 0.15) is 38.0 Å². The van der Waals surface area contributed by atoms with E-state index < -0.39 is 6.10 Å². The van der Waals surface area contributed by atoms with Gasteiger partial charge in [-0.15, -0.1) is 0 Å². The van der Waals surface area contributed by atoms with E-state index >= 15 is 0 Å². The average molecular weight is 312 g/mol. The van der Waals surface area contributed by atoms with E-state index in [-0.39, 0.29) is 5.54 Å². The normalized spacial score (nSPS) is 12.9. The standard InChI is InChI=1S/C20H28N2O/c1-4-21-18-13-9-8-10-16(18)14-15-22-20(2,3)19(23)17-11-6-5-7-12-17/h5-13,19,21-23H,4,14-15H2,1-3H3. The van der Waals surface area contributed by atoms with Crippen molar-refractivity contribution in [2.45, 2.75) is 38.8 Å².